The lowest BCUT2D eigenvalue weighted by atomic mass is 10.2. The Kier molecular flexibility index (Phi) is 4.76. The second kappa shape index (κ2) is 7.21. The van der Waals surface area contributed by atoms with Gasteiger partial charge in [0.1, 0.15) is 15.9 Å². The van der Waals surface area contributed by atoms with Gasteiger partial charge in [0.2, 0.25) is 0 Å². The molecule has 0 radical (unpaired) electrons. The van der Waals surface area contributed by atoms with Gasteiger partial charge in [-0.1, -0.05) is 41.4 Å². The van der Waals surface area contributed by atoms with Crippen LogP contribution >= 0.6 is 23.2 Å². The molecule has 27 heavy (non-hydrogen) atoms. The Balaban J connectivity index is 1.51. The fourth-order valence-corrected chi connectivity index (χ4v) is 3.72. The third-order valence-corrected chi connectivity index (χ3v) is 5.26. The zero-order valence-electron chi connectivity index (χ0n) is 14.3. The molecule has 6 nitrogen and oxygen atoms in total. The van der Waals surface area contributed by atoms with Crippen LogP contribution in [0.1, 0.15) is 0 Å². The number of para-hydroxylation sites is 1. The number of imide groups is 1. The predicted octanol–water partition coefficient (Wildman–Crippen LogP) is 2.88. The summed E-state index contributed by atoms with van der Waals surface area (Å²) >= 11 is 12.0. The van der Waals surface area contributed by atoms with Crippen LogP contribution in [0.15, 0.2) is 59.4 Å². The Morgan fingerprint density at radius 3 is 2.07 bits per heavy atom. The van der Waals surface area contributed by atoms with Gasteiger partial charge in [0, 0.05) is 31.9 Å². The lowest BCUT2D eigenvalue weighted by molar-refractivity contribution is -0.121. The molecule has 4 rings (SSSR count). The molecule has 1 aromatic heterocycles. The molecule has 2 aromatic rings. The van der Waals surface area contributed by atoms with E-state index in [1.165, 1.54) is 12.3 Å². The van der Waals surface area contributed by atoms with Crippen molar-refractivity contribution in [1.29, 1.82) is 0 Å². The van der Waals surface area contributed by atoms with Crippen LogP contribution in [0.4, 0.5) is 11.4 Å². The van der Waals surface area contributed by atoms with E-state index < -0.39 is 11.8 Å². The van der Waals surface area contributed by atoms with E-state index in [0.29, 0.717) is 18.8 Å². The van der Waals surface area contributed by atoms with E-state index in [4.69, 9.17) is 23.2 Å². The van der Waals surface area contributed by atoms with Gasteiger partial charge in [0.05, 0.1) is 11.9 Å². The van der Waals surface area contributed by atoms with Crippen molar-refractivity contribution in [3.05, 3.63) is 64.5 Å². The van der Waals surface area contributed by atoms with Crippen LogP contribution in [-0.4, -0.2) is 47.9 Å². The number of anilines is 2. The zero-order chi connectivity index (χ0) is 19.0. The normalized spacial score (nSPS) is 17.9. The summed E-state index contributed by atoms with van der Waals surface area (Å²) < 4.78 is 0. The minimum Gasteiger partial charge on any atom is -0.368 e. The Hall–Kier alpha value is -2.57. The fraction of sp³-hybridized carbons (Fsp3) is 0.211. The molecule has 2 amide bonds. The molecular formula is C19H16Cl2N4O2. The van der Waals surface area contributed by atoms with Crippen LogP contribution in [0.25, 0.3) is 0 Å². The first-order valence-corrected chi connectivity index (χ1v) is 9.27. The number of pyridine rings is 1. The predicted molar refractivity (Wildman–Crippen MR) is 105 cm³/mol. The fourth-order valence-electron chi connectivity index (χ4n) is 3.33. The molecule has 138 valence electrons. The Bertz CT molecular complexity index is 907. The van der Waals surface area contributed by atoms with E-state index in [-0.39, 0.29) is 15.9 Å². The minimum atomic E-state index is -0.536. The summed E-state index contributed by atoms with van der Waals surface area (Å²) in [5.74, 6) is -0.964. The monoisotopic (exact) mass is 402 g/mol. The van der Waals surface area contributed by atoms with Gasteiger partial charge in [-0.2, -0.15) is 0 Å². The number of benzene rings is 1. The molecule has 2 aliphatic rings. The number of aromatic nitrogens is 1. The van der Waals surface area contributed by atoms with E-state index in [1.54, 1.807) is 6.07 Å². The Labute approximate surface area is 166 Å². The van der Waals surface area contributed by atoms with Crippen LogP contribution in [0.3, 0.4) is 0 Å². The molecule has 0 unspecified atom stereocenters. The maximum absolute atomic E-state index is 12.9. The van der Waals surface area contributed by atoms with Gasteiger partial charge in [0.25, 0.3) is 11.8 Å². The number of hydrogen-bond donors (Lipinski definition) is 0. The summed E-state index contributed by atoms with van der Waals surface area (Å²) in [4.78, 5) is 34.6. The van der Waals surface area contributed by atoms with Crippen LogP contribution in [0.5, 0.6) is 0 Å². The van der Waals surface area contributed by atoms with Crippen molar-refractivity contribution in [2.45, 2.75) is 0 Å². The summed E-state index contributed by atoms with van der Waals surface area (Å²) in [7, 11) is 0. The number of piperazine rings is 1. The number of nitrogens with zero attached hydrogens (tertiary/aromatic N) is 4. The second-order valence-electron chi connectivity index (χ2n) is 6.26. The van der Waals surface area contributed by atoms with Crippen LogP contribution in [0, 0.1) is 0 Å². The van der Waals surface area contributed by atoms with Crippen molar-refractivity contribution in [2.24, 2.45) is 0 Å². The Morgan fingerprint density at radius 2 is 1.44 bits per heavy atom. The highest BCUT2D eigenvalue weighted by Gasteiger charge is 2.42. The zero-order valence-corrected chi connectivity index (χ0v) is 15.8. The van der Waals surface area contributed by atoms with Crippen molar-refractivity contribution in [3.8, 4) is 0 Å². The highest BCUT2D eigenvalue weighted by Crippen LogP contribution is 2.32. The van der Waals surface area contributed by atoms with Crippen molar-refractivity contribution in [2.75, 3.05) is 36.0 Å². The molecule has 0 saturated carbocycles. The van der Waals surface area contributed by atoms with Crippen molar-refractivity contribution in [3.63, 3.8) is 0 Å². The number of amides is 2. The average Bonchev–Trinajstić information content (AvgIpc) is 2.92. The van der Waals surface area contributed by atoms with E-state index in [0.717, 1.165) is 23.7 Å². The molecule has 0 N–H and O–H groups in total. The Morgan fingerprint density at radius 1 is 0.778 bits per heavy atom. The van der Waals surface area contributed by atoms with Gasteiger partial charge in [-0.15, -0.1) is 0 Å². The highest BCUT2D eigenvalue weighted by molar-refractivity contribution is 6.52. The molecule has 1 aromatic carbocycles. The molecule has 3 heterocycles. The number of carbonyl (C=O) groups excluding carboxylic acids is 2. The van der Waals surface area contributed by atoms with Crippen LogP contribution in [-0.2, 0) is 9.59 Å². The van der Waals surface area contributed by atoms with Gasteiger partial charge in [-0.05, 0) is 24.3 Å². The summed E-state index contributed by atoms with van der Waals surface area (Å²) in [6.45, 7) is 2.68. The standard InChI is InChI=1S/C19H16Cl2N4O2/c20-15-7-6-14(12-22-15)25-18(26)16(21)17(19(25)27)24-10-8-23(9-11-24)13-4-2-1-3-5-13/h1-7,12H,8-11H2. The van der Waals surface area contributed by atoms with Crippen LogP contribution < -0.4 is 9.80 Å². The summed E-state index contributed by atoms with van der Waals surface area (Å²) in [5, 5.41) is 0.234. The SMILES string of the molecule is O=C1C(Cl)=C(N2CCN(c3ccccc3)CC2)C(=O)N1c1ccc(Cl)nc1. The number of rotatable bonds is 3. The second-order valence-corrected chi connectivity index (χ2v) is 7.02. The van der Waals surface area contributed by atoms with Gasteiger partial charge >= 0.3 is 0 Å². The van der Waals surface area contributed by atoms with Crippen LogP contribution in [0.2, 0.25) is 5.15 Å². The van der Waals surface area contributed by atoms with Crippen molar-refractivity contribution >= 4 is 46.4 Å². The quantitative estimate of drug-likeness (QED) is 0.583. The summed E-state index contributed by atoms with van der Waals surface area (Å²) in [6.07, 6.45) is 1.39. The average molecular weight is 403 g/mol. The van der Waals surface area contributed by atoms with Gasteiger partial charge < -0.3 is 9.80 Å². The smallest absolute Gasteiger partial charge is 0.283 e. The third-order valence-electron chi connectivity index (χ3n) is 4.69. The first-order chi connectivity index (χ1) is 13.1. The van der Waals surface area contributed by atoms with E-state index >= 15 is 0 Å². The molecule has 0 spiro atoms. The molecule has 0 bridgehead atoms. The first kappa shape index (κ1) is 17.8. The number of halogens is 2. The largest absolute Gasteiger partial charge is 0.368 e. The number of carbonyl (C=O) groups is 2. The highest BCUT2D eigenvalue weighted by atomic mass is 35.5. The maximum atomic E-state index is 12.9. The summed E-state index contributed by atoms with van der Waals surface area (Å²) in [5.41, 5.74) is 1.75. The summed E-state index contributed by atoms with van der Waals surface area (Å²) in [6, 6.07) is 13.2. The lowest BCUT2D eigenvalue weighted by Gasteiger charge is -2.37. The van der Waals surface area contributed by atoms with Crippen molar-refractivity contribution in [1.82, 2.24) is 9.88 Å². The van der Waals surface area contributed by atoms with Gasteiger partial charge in [0.15, 0.2) is 0 Å². The van der Waals surface area contributed by atoms with Gasteiger partial charge in [-0.25, -0.2) is 9.88 Å². The lowest BCUT2D eigenvalue weighted by Crippen LogP contribution is -2.47. The molecule has 0 atom stereocenters. The van der Waals surface area contributed by atoms with E-state index in [2.05, 4.69) is 22.0 Å². The first-order valence-electron chi connectivity index (χ1n) is 8.51. The molecular weight excluding hydrogens is 387 g/mol. The van der Waals surface area contributed by atoms with Gasteiger partial charge in [-0.3, -0.25) is 9.59 Å². The molecule has 2 aliphatic heterocycles. The molecule has 0 aliphatic carbocycles. The third kappa shape index (κ3) is 3.26. The number of hydrogen-bond acceptors (Lipinski definition) is 5. The molecule has 1 fully saturated rings. The van der Waals surface area contributed by atoms with Crippen molar-refractivity contribution < 1.29 is 9.59 Å². The maximum Gasteiger partial charge on any atom is 0.283 e. The van der Waals surface area contributed by atoms with E-state index in [9.17, 15) is 9.59 Å². The molecule has 1 saturated heterocycles. The van der Waals surface area contributed by atoms with E-state index in [1.807, 2.05) is 23.1 Å². The topological polar surface area (TPSA) is 56.8 Å². The molecule has 8 heteroatoms. The minimum absolute atomic E-state index is 0.0527.